The number of hydrogen-bond acceptors (Lipinski definition) is 4. The normalized spacial score (nSPS) is 11.7. The molecule has 0 aliphatic heterocycles. The minimum atomic E-state index is -2.94. The zero-order chi connectivity index (χ0) is 18.4. The highest BCUT2D eigenvalue weighted by molar-refractivity contribution is 5.97. The molecule has 132 valence electrons. The minimum Gasteiger partial charge on any atom is -0.449 e. The summed E-state index contributed by atoms with van der Waals surface area (Å²) < 4.78 is 33.4. The lowest BCUT2D eigenvalue weighted by molar-refractivity contribution is -0.123. The number of alkyl halides is 2. The fraction of sp³-hybridized carbons (Fsp3) is 0.222. The zero-order valence-corrected chi connectivity index (χ0v) is 13.7. The van der Waals surface area contributed by atoms with E-state index in [0.717, 1.165) is 5.56 Å². The maximum absolute atomic E-state index is 12.1. The van der Waals surface area contributed by atoms with Gasteiger partial charge in [0.2, 0.25) is 0 Å². The van der Waals surface area contributed by atoms with E-state index in [9.17, 15) is 18.4 Å². The number of carbonyl (C=O) groups is 2. The summed E-state index contributed by atoms with van der Waals surface area (Å²) in [6, 6.07) is 12.2. The molecule has 25 heavy (non-hydrogen) atoms. The lowest BCUT2D eigenvalue weighted by Crippen LogP contribution is -2.30. The number of halogens is 2. The lowest BCUT2D eigenvalue weighted by Gasteiger charge is -2.14. The van der Waals surface area contributed by atoms with Gasteiger partial charge in [-0.05, 0) is 50.2 Å². The molecular weight excluding hydrogens is 332 g/mol. The van der Waals surface area contributed by atoms with Crippen LogP contribution in [0.15, 0.2) is 48.5 Å². The molecule has 1 amide bonds. The van der Waals surface area contributed by atoms with Gasteiger partial charge < -0.3 is 14.8 Å². The molecule has 1 atom stereocenters. The van der Waals surface area contributed by atoms with Crippen molar-refractivity contribution in [3.05, 3.63) is 59.7 Å². The van der Waals surface area contributed by atoms with Crippen molar-refractivity contribution in [3.8, 4) is 5.75 Å². The van der Waals surface area contributed by atoms with Gasteiger partial charge in [0.15, 0.2) is 6.10 Å². The van der Waals surface area contributed by atoms with Crippen molar-refractivity contribution in [1.29, 1.82) is 0 Å². The molecule has 0 aromatic heterocycles. The number of benzene rings is 2. The van der Waals surface area contributed by atoms with Gasteiger partial charge in [0, 0.05) is 5.69 Å². The summed E-state index contributed by atoms with van der Waals surface area (Å²) in [5.41, 5.74) is 1.76. The van der Waals surface area contributed by atoms with Crippen LogP contribution in [-0.4, -0.2) is 24.6 Å². The molecule has 0 fully saturated rings. The average Bonchev–Trinajstić information content (AvgIpc) is 2.57. The van der Waals surface area contributed by atoms with Crippen molar-refractivity contribution in [2.45, 2.75) is 26.6 Å². The predicted octanol–water partition coefficient (Wildman–Crippen LogP) is 3.78. The summed E-state index contributed by atoms with van der Waals surface area (Å²) in [6.07, 6.45) is -1.02. The minimum absolute atomic E-state index is 0.0725. The average molecular weight is 349 g/mol. The first-order valence-corrected chi connectivity index (χ1v) is 7.48. The Hall–Kier alpha value is -2.96. The number of carbonyl (C=O) groups excluding carboxylic acids is 2. The number of ether oxygens (including phenoxy) is 2. The first-order valence-electron chi connectivity index (χ1n) is 7.48. The van der Waals surface area contributed by atoms with Crippen molar-refractivity contribution < 1.29 is 27.8 Å². The van der Waals surface area contributed by atoms with E-state index >= 15 is 0 Å². The number of esters is 1. The first kappa shape index (κ1) is 18.4. The van der Waals surface area contributed by atoms with Gasteiger partial charge >= 0.3 is 12.6 Å². The van der Waals surface area contributed by atoms with E-state index in [0.29, 0.717) is 5.69 Å². The predicted molar refractivity (Wildman–Crippen MR) is 87.8 cm³/mol. The van der Waals surface area contributed by atoms with Crippen LogP contribution in [-0.2, 0) is 9.53 Å². The topological polar surface area (TPSA) is 64.6 Å². The molecule has 0 aliphatic rings. The molecule has 2 aromatic rings. The van der Waals surface area contributed by atoms with Crippen molar-refractivity contribution >= 4 is 17.6 Å². The van der Waals surface area contributed by atoms with Gasteiger partial charge in [-0.3, -0.25) is 4.79 Å². The van der Waals surface area contributed by atoms with Gasteiger partial charge in [0.1, 0.15) is 5.75 Å². The number of nitrogens with one attached hydrogen (secondary N) is 1. The highest BCUT2D eigenvalue weighted by Crippen LogP contribution is 2.16. The lowest BCUT2D eigenvalue weighted by atomic mass is 10.2. The molecule has 2 rings (SSSR count). The second-order valence-corrected chi connectivity index (χ2v) is 5.31. The third kappa shape index (κ3) is 5.56. The van der Waals surface area contributed by atoms with E-state index in [4.69, 9.17) is 4.74 Å². The summed E-state index contributed by atoms with van der Waals surface area (Å²) in [5, 5.41) is 2.64. The van der Waals surface area contributed by atoms with E-state index in [1.165, 1.54) is 31.2 Å². The number of amides is 1. The van der Waals surface area contributed by atoms with Crippen molar-refractivity contribution in [2.75, 3.05) is 5.32 Å². The van der Waals surface area contributed by atoms with Crippen LogP contribution in [0.4, 0.5) is 14.5 Å². The molecule has 0 unspecified atom stereocenters. The Bertz CT molecular complexity index is 730. The fourth-order valence-corrected chi connectivity index (χ4v) is 1.94. The number of rotatable bonds is 6. The standard InChI is InChI=1S/C18H17F2NO4/c1-11-3-7-14(8-4-11)21-16(22)12(2)24-17(23)13-5-9-15(10-6-13)25-18(19)20/h3-10,12,18H,1-2H3,(H,21,22)/t12-/m1/s1. The van der Waals surface area contributed by atoms with Crippen LogP contribution in [0.5, 0.6) is 5.75 Å². The molecule has 2 aromatic carbocycles. The second kappa shape index (κ2) is 8.23. The van der Waals surface area contributed by atoms with Crippen LogP contribution in [0, 0.1) is 6.92 Å². The molecule has 1 N–H and O–H groups in total. The van der Waals surface area contributed by atoms with E-state index in [2.05, 4.69) is 10.1 Å². The SMILES string of the molecule is Cc1ccc(NC(=O)[C@@H](C)OC(=O)c2ccc(OC(F)F)cc2)cc1. The molecule has 0 saturated heterocycles. The summed E-state index contributed by atoms with van der Waals surface area (Å²) in [7, 11) is 0. The third-order valence-corrected chi connectivity index (χ3v) is 3.29. The Labute approximate surface area is 143 Å². The van der Waals surface area contributed by atoms with Gasteiger partial charge in [-0.1, -0.05) is 17.7 Å². The largest absolute Gasteiger partial charge is 0.449 e. The Morgan fingerprint density at radius 1 is 1.00 bits per heavy atom. The van der Waals surface area contributed by atoms with E-state index in [-0.39, 0.29) is 11.3 Å². The second-order valence-electron chi connectivity index (χ2n) is 5.31. The van der Waals surface area contributed by atoms with E-state index in [1.54, 1.807) is 12.1 Å². The molecule has 0 aliphatic carbocycles. The first-order chi connectivity index (χ1) is 11.8. The fourth-order valence-electron chi connectivity index (χ4n) is 1.94. The Morgan fingerprint density at radius 2 is 1.60 bits per heavy atom. The number of hydrogen-bond donors (Lipinski definition) is 1. The van der Waals surface area contributed by atoms with Crippen molar-refractivity contribution in [2.24, 2.45) is 0 Å². The summed E-state index contributed by atoms with van der Waals surface area (Å²) in [5.74, 6) is -1.29. The maximum Gasteiger partial charge on any atom is 0.387 e. The highest BCUT2D eigenvalue weighted by Gasteiger charge is 2.19. The van der Waals surface area contributed by atoms with Crippen LogP contribution in [0.25, 0.3) is 0 Å². The monoisotopic (exact) mass is 349 g/mol. The van der Waals surface area contributed by atoms with Gasteiger partial charge in [0.25, 0.3) is 5.91 Å². The van der Waals surface area contributed by atoms with E-state index in [1.807, 2.05) is 19.1 Å². The Morgan fingerprint density at radius 3 is 2.16 bits per heavy atom. The Balaban J connectivity index is 1.92. The summed E-state index contributed by atoms with van der Waals surface area (Å²) in [4.78, 5) is 24.0. The van der Waals surface area contributed by atoms with Gasteiger partial charge in [-0.2, -0.15) is 8.78 Å². The van der Waals surface area contributed by atoms with Gasteiger partial charge in [0.05, 0.1) is 5.56 Å². The number of aryl methyl sites for hydroxylation is 1. The number of anilines is 1. The molecular formula is C18H17F2NO4. The van der Waals surface area contributed by atoms with E-state index < -0.39 is 24.6 Å². The smallest absolute Gasteiger partial charge is 0.387 e. The summed E-state index contributed by atoms with van der Waals surface area (Å²) >= 11 is 0. The van der Waals surface area contributed by atoms with Crippen LogP contribution in [0.3, 0.4) is 0 Å². The Kier molecular flexibility index (Phi) is 6.05. The quantitative estimate of drug-likeness (QED) is 0.806. The van der Waals surface area contributed by atoms with Gasteiger partial charge in [-0.25, -0.2) is 4.79 Å². The van der Waals surface area contributed by atoms with Gasteiger partial charge in [-0.15, -0.1) is 0 Å². The molecule has 0 spiro atoms. The molecule has 0 saturated carbocycles. The zero-order valence-electron chi connectivity index (χ0n) is 13.7. The molecule has 7 heteroatoms. The van der Waals surface area contributed by atoms with Crippen LogP contribution in [0.1, 0.15) is 22.8 Å². The highest BCUT2D eigenvalue weighted by atomic mass is 19.3. The molecule has 5 nitrogen and oxygen atoms in total. The summed E-state index contributed by atoms with van der Waals surface area (Å²) in [6.45, 7) is 0.423. The van der Waals surface area contributed by atoms with Crippen LogP contribution >= 0.6 is 0 Å². The van der Waals surface area contributed by atoms with Crippen LogP contribution < -0.4 is 10.1 Å². The third-order valence-electron chi connectivity index (χ3n) is 3.29. The molecule has 0 bridgehead atoms. The van der Waals surface area contributed by atoms with Crippen molar-refractivity contribution in [3.63, 3.8) is 0 Å². The maximum atomic E-state index is 12.1. The van der Waals surface area contributed by atoms with Crippen LogP contribution in [0.2, 0.25) is 0 Å². The molecule has 0 heterocycles. The molecule has 0 radical (unpaired) electrons. The van der Waals surface area contributed by atoms with Crippen molar-refractivity contribution in [1.82, 2.24) is 0 Å².